The summed E-state index contributed by atoms with van der Waals surface area (Å²) in [7, 11) is 7.12. The Kier molecular flexibility index (Phi) is 10.9. The first-order valence-corrected chi connectivity index (χ1v) is 14.1. The second-order valence-corrected chi connectivity index (χ2v) is 12.9. The molecule has 216 valence electrons. The average Bonchev–Trinajstić information content (AvgIpc) is 3.30. The first-order chi connectivity index (χ1) is 18.1. The van der Waals surface area contributed by atoms with Crippen LogP contribution in [0.15, 0.2) is 42.0 Å². The van der Waals surface area contributed by atoms with Gasteiger partial charge in [0.2, 0.25) is 11.8 Å². The van der Waals surface area contributed by atoms with Crippen LogP contribution in [0.1, 0.15) is 53.3 Å². The van der Waals surface area contributed by atoms with Crippen molar-refractivity contribution in [2.24, 2.45) is 5.41 Å². The number of esters is 1. The van der Waals surface area contributed by atoms with Crippen LogP contribution >= 0.6 is 11.3 Å². The number of carbonyl (C=O) groups excluding carboxylic acids is 3. The number of benzene rings is 1. The maximum Gasteiger partial charge on any atom is 0.333 e. The molecule has 0 saturated carbocycles. The van der Waals surface area contributed by atoms with Crippen molar-refractivity contribution >= 4 is 39.2 Å². The minimum Gasteiger partial charge on any atom is -0.463 e. The van der Waals surface area contributed by atoms with E-state index in [-0.39, 0.29) is 18.4 Å². The summed E-state index contributed by atoms with van der Waals surface area (Å²) in [6, 6.07) is 8.93. The van der Waals surface area contributed by atoms with Gasteiger partial charge in [-0.2, -0.15) is 0 Å². The molecule has 1 aromatic heterocycles. The van der Waals surface area contributed by atoms with Crippen LogP contribution in [0.3, 0.4) is 0 Å². The predicted octanol–water partition coefficient (Wildman–Crippen LogP) is 4.15. The first kappa shape index (κ1) is 32.5. The molecule has 0 fully saturated rings. The lowest BCUT2D eigenvalue weighted by atomic mass is 9.80. The maximum atomic E-state index is 13.9. The van der Waals surface area contributed by atoms with Gasteiger partial charge in [-0.25, -0.2) is 4.79 Å². The Bertz CT molecular complexity index is 1160. The van der Waals surface area contributed by atoms with Gasteiger partial charge in [0.15, 0.2) is 0 Å². The predicted molar refractivity (Wildman–Crippen MR) is 160 cm³/mol. The van der Waals surface area contributed by atoms with Crippen molar-refractivity contribution in [3.63, 3.8) is 0 Å². The highest BCUT2D eigenvalue weighted by molar-refractivity contribution is 7.19. The molecule has 1 unspecified atom stereocenters. The van der Waals surface area contributed by atoms with E-state index in [1.807, 2.05) is 65.7 Å². The SMILES string of the molecule is CCOC(=O)/C(C)=C/[C@H](N(C)C)N(C)C(=O)[C@@H](NC(=O)C(NC)C(C)(C)c1cc2ccccc2s1)C(C)(C)C. The standard InChI is InChI=1S/C30H46N4O4S/c1-12-38-28(37)19(2)17-23(33(9)10)34(11)27(36)25(29(3,4)5)32-26(35)24(31-8)30(6,7)22-18-20-15-13-14-16-21(20)39-22/h13-18,23-25,31H,12H2,1-11H3,(H,32,35)/b19-17+/t23-,24?,25-/m1/s1. The number of nitrogens with one attached hydrogen (secondary N) is 2. The molecule has 2 amide bonds. The molecule has 0 aliphatic rings. The molecular formula is C30H46N4O4S. The Labute approximate surface area is 237 Å². The van der Waals surface area contributed by atoms with Crippen LogP contribution < -0.4 is 10.6 Å². The third kappa shape index (κ3) is 7.68. The number of thiophene rings is 1. The number of fused-ring (bicyclic) bond motifs is 1. The third-order valence-electron chi connectivity index (χ3n) is 7.00. The number of carbonyl (C=O) groups is 3. The summed E-state index contributed by atoms with van der Waals surface area (Å²) in [6.07, 6.45) is 1.19. The number of likely N-dealkylation sites (N-methyl/N-ethyl adjacent to an activating group) is 3. The van der Waals surface area contributed by atoms with Crippen molar-refractivity contribution in [3.05, 3.63) is 46.9 Å². The number of rotatable bonds is 11. The fraction of sp³-hybridized carbons (Fsp3) is 0.567. The van der Waals surface area contributed by atoms with E-state index in [1.165, 1.54) is 4.70 Å². The van der Waals surface area contributed by atoms with Gasteiger partial charge in [0.05, 0.1) is 12.6 Å². The van der Waals surface area contributed by atoms with Gasteiger partial charge in [0.25, 0.3) is 0 Å². The van der Waals surface area contributed by atoms with Gasteiger partial charge in [-0.05, 0) is 64.0 Å². The normalized spacial score (nSPS) is 15.1. The molecule has 0 aliphatic carbocycles. The van der Waals surface area contributed by atoms with Crippen LogP contribution in [0, 0.1) is 5.41 Å². The van der Waals surface area contributed by atoms with Crippen LogP contribution in [-0.4, -0.2) is 80.6 Å². The fourth-order valence-corrected chi connectivity index (χ4v) is 5.81. The molecule has 9 heteroatoms. The highest BCUT2D eigenvalue weighted by Gasteiger charge is 2.42. The molecule has 2 aromatic rings. The Morgan fingerprint density at radius 3 is 2.18 bits per heavy atom. The monoisotopic (exact) mass is 558 g/mol. The quantitative estimate of drug-likeness (QED) is 0.245. The van der Waals surface area contributed by atoms with Crippen molar-refractivity contribution in [2.75, 3.05) is 34.8 Å². The van der Waals surface area contributed by atoms with Crippen LogP contribution in [0.4, 0.5) is 0 Å². The molecule has 2 rings (SSSR count). The number of nitrogens with zero attached hydrogens (tertiary/aromatic N) is 2. The van der Waals surface area contributed by atoms with E-state index in [0.29, 0.717) is 5.57 Å². The minimum atomic E-state index is -0.803. The number of amides is 2. The second kappa shape index (κ2) is 13.1. The summed E-state index contributed by atoms with van der Waals surface area (Å²) < 4.78 is 6.28. The van der Waals surface area contributed by atoms with E-state index >= 15 is 0 Å². The molecule has 1 aromatic carbocycles. The van der Waals surface area contributed by atoms with E-state index < -0.39 is 35.0 Å². The Morgan fingerprint density at radius 2 is 1.67 bits per heavy atom. The number of ether oxygens (including phenoxy) is 1. The maximum absolute atomic E-state index is 13.9. The van der Waals surface area contributed by atoms with Crippen LogP contribution in [0.2, 0.25) is 0 Å². The summed E-state index contributed by atoms with van der Waals surface area (Å²) in [5.41, 5.74) is -0.699. The molecule has 0 radical (unpaired) electrons. The van der Waals surface area contributed by atoms with Crippen molar-refractivity contribution in [1.82, 2.24) is 20.4 Å². The summed E-state index contributed by atoms with van der Waals surface area (Å²) in [6.45, 7) is 13.6. The smallest absolute Gasteiger partial charge is 0.333 e. The van der Waals surface area contributed by atoms with Gasteiger partial charge in [-0.15, -0.1) is 11.3 Å². The summed E-state index contributed by atoms with van der Waals surface area (Å²) in [4.78, 5) is 44.4. The van der Waals surface area contributed by atoms with E-state index in [2.05, 4.69) is 28.8 Å². The van der Waals surface area contributed by atoms with Crippen LogP contribution in [0.5, 0.6) is 0 Å². The largest absolute Gasteiger partial charge is 0.463 e. The molecule has 39 heavy (non-hydrogen) atoms. The van der Waals surface area contributed by atoms with E-state index in [9.17, 15) is 14.4 Å². The van der Waals surface area contributed by atoms with Crippen LogP contribution in [-0.2, 0) is 24.5 Å². The highest BCUT2D eigenvalue weighted by Crippen LogP contribution is 2.37. The van der Waals surface area contributed by atoms with Crippen LogP contribution in [0.25, 0.3) is 10.1 Å². The zero-order valence-corrected chi connectivity index (χ0v) is 26.2. The van der Waals surface area contributed by atoms with E-state index in [0.717, 1.165) is 10.3 Å². The van der Waals surface area contributed by atoms with Crippen molar-refractivity contribution in [1.29, 1.82) is 0 Å². The van der Waals surface area contributed by atoms with Gasteiger partial charge in [0.1, 0.15) is 12.2 Å². The zero-order chi connectivity index (χ0) is 29.7. The average molecular weight is 559 g/mol. The van der Waals surface area contributed by atoms with Gasteiger partial charge in [-0.3, -0.25) is 14.5 Å². The van der Waals surface area contributed by atoms with Crippen molar-refractivity contribution in [3.8, 4) is 0 Å². The summed E-state index contributed by atoms with van der Waals surface area (Å²) in [5.74, 6) is -0.926. The number of hydrogen-bond acceptors (Lipinski definition) is 7. The lowest BCUT2D eigenvalue weighted by Crippen LogP contribution is -2.62. The van der Waals surface area contributed by atoms with Crippen molar-refractivity contribution in [2.45, 2.75) is 72.1 Å². The Morgan fingerprint density at radius 1 is 1.05 bits per heavy atom. The van der Waals surface area contributed by atoms with Gasteiger partial charge < -0.3 is 20.3 Å². The van der Waals surface area contributed by atoms with E-state index in [4.69, 9.17) is 4.74 Å². The third-order valence-corrected chi connectivity index (χ3v) is 8.46. The molecule has 0 aliphatic heterocycles. The van der Waals surface area contributed by atoms with E-state index in [1.54, 1.807) is 50.3 Å². The zero-order valence-electron chi connectivity index (χ0n) is 25.3. The Hall–Kier alpha value is -2.75. The summed E-state index contributed by atoms with van der Waals surface area (Å²) in [5, 5.41) is 7.42. The molecular weight excluding hydrogens is 512 g/mol. The minimum absolute atomic E-state index is 0.249. The lowest BCUT2D eigenvalue weighted by Gasteiger charge is -2.40. The lowest BCUT2D eigenvalue weighted by molar-refractivity contribution is -0.142. The molecule has 2 N–H and O–H groups in total. The van der Waals surface area contributed by atoms with Gasteiger partial charge in [0, 0.05) is 27.6 Å². The van der Waals surface area contributed by atoms with Gasteiger partial charge >= 0.3 is 5.97 Å². The molecule has 0 bridgehead atoms. The fourth-order valence-electron chi connectivity index (χ4n) is 4.61. The molecule has 1 heterocycles. The van der Waals surface area contributed by atoms with Crippen molar-refractivity contribution < 1.29 is 19.1 Å². The topological polar surface area (TPSA) is 91.0 Å². The Balaban J connectivity index is 2.36. The number of hydrogen-bond donors (Lipinski definition) is 2. The highest BCUT2D eigenvalue weighted by atomic mass is 32.1. The van der Waals surface area contributed by atoms with Gasteiger partial charge in [-0.1, -0.05) is 52.8 Å². The second-order valence-electron chi connectivity index (χ2n) is 11.8. The molecule has 0 saturated heterocycles. The molecule has 8 nitrogen and oxygen atoms in total. The molecule has 0 spiro atoms. The summed E-state index contributed by atoms with van der Waals surface area (Å²) >= 11 is 1.67. The molecule has 3 atom stereocenters. The first-order valence-electron chi connectivity index (χ1n) is 13.3.